The van der Waals surface area contributed by atoms with Crippen LogP contribution in [0.4, 0.5) is 5.69 Å². The summed E-state index contributed by atoms with van der Waals surface area (Å²) in [5.74, 6) is -0.199. The van der Waals surface area contributed by atoms with Gasteiger partial charge in [-0.25, -0.2) is 8.42 Å². The molecule has 2 aromatic rings. The standard InChI is InChI=1S/C17H20N2O3S/c1-12-7-6-8-14(11-12)17(20)18-13(2)15-9-4-5-10-16(15)19-23(3,21)22/h4-11,13,19H,1-3H3,(H,18,20). The average molecular weight is 332 g/mol. The fraction of sp³-hybridized carbons (Fsp3) is 0.235. The van der Waals surface area contributed by atoms with Crippen molar-refractivity contribution in [2.75, 3.05) is 11.0 Å². The first-order chi connectivity index (χ1) is 10.8. The van der Waals surface area contributed by atoms with Gasteiger partial charge in [0.05, 0.1) is 18.0 Å². The molecule has 0 aromatic heterocycles. The first kappa shape index (κ1) is 17.0. The van der Waals surface area contributed by atoms with Crippen LogP contribution in [0.25, 0.3) is 0 Å². The van der Waals surface area contributed by atoms with Crippen molar-refractivity contribution in [3.8, 4) is 0 Å². The molecule has 0 aliphatic rings. The molecule has 0 aliphatic heterocycles. The number of anilines is 1. The van der Waals surface area contributed by atoms with Gasteiger partial charge >= 0.3 is 0 Å². The quantitative estimate of drug-likeness (QED) is 0.884. The topological polar surface area (TPSA) is 75.3 Å². The third-order valence-electron chi connectivity index (χ3n) is 3.35. The molecule has 2 aromatic carbocycles. The van der Waals surface area contributed by atoms with Crippen molar-refractivity contribution < 1.29 is 13.2 Å². The third-order valence-corrected chi connectivity index (χ3v) is 3.94. The van der Waals surface area contributed by atoms with Gasteiger partial charge in [-0.05, 0) is 37.6 Å². The van der Waals surface area contributed by atoms with Gasteiger partial charge < -0.3 is 5.32 Å². The highest BCUT2D eigenvalue weighted by molar-refractivity contribution is 7.92. The highest BCUT2D eigenvalue weighted by Crippen LogP contribution is 2.23. The third kappa shape index (κ3) is 4.82. The van der Waals surface area contributed by atoms with Crippen molar-refractivity contribution in [3.63, 3.8) is 0 Å². The average Bonchev–Trinajstić information content (AvgIpc) is 2.46. The van der Waals surface area contributed by atoms with Gasteiger partial charge in [-0.1, -0.05) is 35.9 Å². The molecule has 0 spiro atoms. The fourth-order valence-corrected chi connectivity index (χ4v) is 2.90. The second-order valence-electron chi connectivity index (χ2n) is 5.53. The van der Waals surface area contributed by atoms with Crippen molar-refractivity contribution in [3.05, 3.63) is 65.2 Å². The van der Waals surface area contributed by atoms with Gasteiger partial charge in [0.15, 0.2) is 0 Å². The molecule has 0 saturated heterocycles. The van der Waals surface area contributed by atoms with Crippen molar-refractivity contribution in [2.24, 2.45) is 0 Å². The molecule has 2 rings (SSSR count). The largest absolute Gasteiger partial charge is 0.345 e. The Labute approximate surface area is 136 Å². The SMILES string of the molecule is Cc1cccc(C(=O)NC(C)c2ccccc2NS(C)(=O)=O)c1. The van der Waals surface area contributed by atoms with E-state index in [0.29, 0.717) is 16.8 Å². The Morgan fingerprint density at radius 2 is 1.78 bits per heavy atom. The van der Waals surface area contributed by atoms with Crippen LogP contribution in [0.5, 0.6) is 0 Å². The number of hydrogen-bond acceptors (Lipinski definition) is 3. The van der Waals surface area contributed by atoms with Gasteiger partial charge in [0.2, 0.25) is 10.0 Å². The second-order valence-corrected chi connectivity index (χ2v) is 7.27. The Hall–Kier alpha value is -2.34. The maximum absolute atomic E-state index is 12.3. The normalized spacial score (nSPS) is 12.5. The molecule has 1 unspecified atom stereocenters. The smallest absolute Gasteiger partial charge is 0.251 e. The number of hydrogen-bond donors (Lipinski definition) is 2. The molecule has 23 heavy (non-hydrogen) atoms. The Morgan fingerprint density at radius 1 is 1.09 bits per heavy atom. The monoisotopic (exact) mass is 332 g/mol. The predicted octanol–water partition coefficient (Wildman–Crippen LogP) is 2.86. The van der Waals surface area contributed by atoms with E-state index in [4.69, 9.17) is 0 Å². The maximum Gasteiger partial charge on any atom is 0.251 e. The van der Waals surface area contributed by atoms with E-state index in [1.54, 1.807) is 30.3 Å². The molecule has 5 nitrogen and oxygen atoms in total. The minimum absolute atomic E-state index is 0.199. The van der Waals surface area contributed by atoms with Crippen LogP contribution in [-0.4, -0.2) is 20.6 Å². The molecule has 0 radical (unpaired) electrons. The fourth-order valence-electron chi connectivity index (χ4n) is 2.31. The first-order valence-corrected chi connectivity index (χ1v) is 9.09. The van der Waals surface area contributed by atoms with E-state index in [0.717, 1.165) is 11.8 Å². The number of sulfonamides is 1. The van der Waals surface area contributed by atoms with E-state index in [9.17, 15) is 13.2 Å². The van der Waals surface area contributed by atoms with Crippen molar-refractivity contribution in [1.29, 1.82) is 0 Å². The molecule has 2 N–H and O–H groups in total. The number of rotatable bonds is 5. The van der Waals surface area contributed by atoms with Gasteiger partial charge in [0.1, 0.15) is 0 Å². The lowest BCUT2D eigenvalue weighted by molar-refractivity contribution is 0.0940. The molecule has 1 atom stereocenters. The lowest BCUT2D eigenvalue weighted by Crippen LogP contribution is -2.27. The summed E-state index contributed by atoms with van der Waals surface area (Å²) in [4.78, 5) is 12.3. The molecular weight excluding hydrogens is 312 g/mol. The minimum Gasteiger partial charge on any atom is -0.345 e. The van der Waals surface area contributed by atoms with Gasteiger partial charge in [0.25, 0.3) is 5.91 Å². The first-order valence-electron chi connectivity index (χ1n) is 7.20. The van der Waals surface area contributed by atoms with Crippen molar-refractivity contribution in [2.45, 2.75) is 19.9 Å². The Balaban J connectivity index is 2.21. The molecule has 0 bridgehead atoms. The van der Waals surface area contributed by atoms with Crippen LogP contribution < -0.4 is 10.0 Å². The number of amides is 1. The van der Waals surface area contributed by atoms with E-state index in [-0.39, 0.29) is 11.9 Å². The molecule has 122 valence electrons. The van der Waals surface area contributed by atoms with Crippen LogP contribution in [0.3, 0.4) is 0 Å². The summed E-state index contributed by atoms with van der Waals surface area (Å²) in [7, 11) is -3.38. The van der Waals surface area contributed by atoms with E-state index in [1.807, 2.05) is 32.0 Å². The lowest BCUT2D eigenvalue weighted by atomic mass is 10.1. The molecule has 0 saturated carbocycles. The van der Waals surface area contributed by atoms with Crippen molar-refractivity contribution >= 4 is 21.6 Å². The predicted molar refractivity (Wildman–Crippen MR) is 92.0 cm³/mol. The van der Waals surface area contributed by atoms with Crippen LogP contribution in [-0.2, 0) is 10.0 Å². The van der Waals surface area contributed by atoms with Crippen LogP contribution in [0.15, 0.2) is 48.5 Å². The van der Waals surface area contributed by atoms with Crippen LogP contribution in [0, 0.1) is 6.92 Å². The van der Waals surface area contributed by atoms with E-state index in [2.05, 4.69) is 10.0 Å². The number of aryl methyl sites for hydroxylation is 1. The number of benzene rings is 2. The summed E-state index contributed by atoms with van der Waals surface area (Å²) < 4.78 is 25.4. The summed E-state index contributed by atoms with van der Waals surface area (Å²) in [5, 5.41) is 2.89. The summed E-state index contributed by atoms with van der Waals surface area (Å²) >= 11 is 0. The molecule has 0 fully saturated rings. The maximum atomic E-state index is 12.3. The highest BCUT2D eigenvalue weighted by atomic mass is 32.2. The Kier molecular flexibility index (Phi) is 5.05. The molecule has 1 amide bonds. The molecular formula is C17H20N2O3S. The molecule has 0 heterocycles. The Morgan fingerprint density at radius 3 is 2.43 bits per heavy atom. The minimum atomic E-state index is -3.38. The zero-order valence-corrected chi connectivity index (χ0v) is 14.1. The van der Waals surface area contributed by atoms with Gasteiger partial charge in [-0.3, -0.25) is 9.52 Å². The zero-order chi connectivity index (χ0) is 17.0. The number of nitrogens with one attached hydrogen (secondary N) is 2. The van der Waals surface area contributed by atoms with Gasteiger partial charge in [-0.2, -0.15) is 0 Å². The Bertz CT molecular complexity index is 816. The van der Waals surface area contributed by atoms with Crippen molar-refractivity contribution in [1.82, 2.24) is 5.32 Å². The summed E-state index contributed by atoms with van der Waals surface area (Å²) in [6.45, 7) is 3.74. The summed E-state index contributed by atoms with van der Waals surface area (Å²) in [5.41, 5.74) is 2.75. The summed E-state index contributed by atoms with van der Waals surface area (Å²) in [6.07, 6.45) is 1.10. The lowest BCUT2D eigenvalue weighted by Gasteiger charge is -2.18. The van der Waals surface area contributed by atoms with Crippen LogP contribution in [0.2, 0.25) is 0 Å². The molecule has 0 aliphatic carbocycles. The number of para-hydroxylation sites is 1. The van der Waals surface area contributed by atoms with E-state index < -0.39 is 10.0 Å². The van der Waals surface area contributed by atoms with E-state index >= 15 is 0 Å². The van der Waals surface area contributed by atoms with Gasteiger partial charge in [-0.15, -0.1) is 0 Å². The van der Waals surface area contributed by atoms with Crippen LogP contribution in [0.1, 0.15) is 34.5 Å². The summed E-state index contributed by atoms with van der Waals surface area (Å²) in [6, 6.07) is 14.0. The second kappa shape index (κ2) is 6.83. The number of carbonyl (C=O) groups is 1. The highest BCUT2D eigenvalue weighted by Gasteiger charge is 2.16. The number of carbonyl (C=O) groups excluding carboxylic acids is 1. The van der Waals surface area contributed by atoms with E-state index in [1.165, 1.54) is 0 Å². The van der Waals surface area contributed by atoms with Crippen LogP contribution >= 0.6 is 0 Å². The molecule has 6 heteroatoms. The zero-order valence-electron chi connectivity index (χ0n) is 13.3. The van der Waals surface area contributed by atoms with Gasteiger partial charge in [0, 0.05) is 5.56 Å².